The summed E-state index contributed by atoms with van der Waals surface area (Å²) in [6, 6.07) is 19.7. The van der Waals surface area contributed by atoms with E-state index in [2.05, 4.69) is 42.5 Å². The topological polar surface area (TPSA) is 50.4 Å². The highest BCUT2D eigenvalue weighted by Gasteiger charge is 2.09. The van der Waals surface area contributed by atoms with Crippen molar-refractivity contribution in [2.24, 2.45) is 0 Å². The highest BCUT2D eigenvalue weighted by Crippen LogP contribution is 2.27. The fourth-order valence-electron chi connectivity index (χ4n) is 2.76. The van der Waals surface area contributed by atoms with Crippen LogP contribution in [0.3, 0.4) is 0 Å². The van der Waals surface area contributed by atoms with Crippen molar-refractivity contribution in [2.45, 2.75) is 20.4 Å². The first-order valence-electron chi connectivity index (χ1n) is 9.19. The summed E-state index contributed by atoms with van der Waals surface area (Å²) < 4.78 is 7.55. The lowest BCUT2D eigenvalue weighted by Gasteiger charge is -2.13. The molecule has 0 heterocycles. The second kappa shape index (κ2) is 9.94. The minimum absolute atomic E-state index is 0.0531. The van der Waals surface area contributed by atoms with Gasteiger partial charge in [-0.25, -0.2) is 0 Å². The Bertz CT molecular complexity index is 1000. The molecule has 29 heavy (non-hydrogen) atoms. The van der Waals surface area contributed by atoms with Crippen molar-refractivity contribution in [3.63, 3.8) is 0 Å². The summed E-state index contributed by atoms with van der Waals surface area (Å²) in [5, 5.41) is 6.28. The van der Waals surface area contributed by atoms with Gasteiger partial charge in [0.25, 0.3) is 5.91 Å². The van der Waals surface area contributed by atoms with Crippen LogP contribution in [0.2, 0.25) is 0 Å². The number of nitrogens with one attached hydrogen (secondary N) is 2. The number of benzene rings is 3. The molecular weight excluding hydrogens is 496 g/mol. The van der Waals surface area contributed by atoms with Crippen LogP contribution in [-0.4, -0.2) is 12.5 Å². The molecule has 0 saturated carbocycles. The van der Waals surface area contributed by atoms with Crippen LogP contribution in [0.4, 0.5) is 11.4 Å². The van der Waals surface area contributed by atoms with E-state index in [1.54, 1.807) is 0 Å². The monoisotopic (exact) mass is 516 g/mol. The molecule has 0 radical (unpaired) electrons. The van der Waals surface area contributed by atoms with Gasteiger partial charge in [0.2, 0.25) is 0 Å². The molecule has 0 atom stereocenters. The quantitative estimate of drug-likeness (QED) is 0.378. The fraction of sp³-hybridized carbons (Fsp3) is 0.174. The van der Waals surface area contributed by atoms with Crippen LogP contribution < -0.4 is 15.4 Å². The predicted octanol–water partition coefficient (Wildman–Crippen LogP) is 6.46. The molecule has 150 valence electrons. The molecule has 0 saturated heterocycles. The van der Waals surface area contributed by atoms with Crippen molar-refractivity contribution in [3.05, 3.63) is 86.3 Å². The number of hydrogen-bond donors (Lipinski definition) is 2. The maximum Gasteiger partial charge on any atom is 0.262 e. The van der Waals surface area contributed by atoms with Gasteiger partial charge < -0.3 is 15.4 Å². The van der Waals surface area contributed by atoms with Gasteiger partial charge in [-0.05, 0) is 88.9 Å². The highest BCUT2D eigenvalue weighted by atomic mass is 79.9. The number of carbonyl (C=O) groups is 1. The molecule has 3 rings (SSSR count). The minimum Gasteiger partial charge on any atom is -0.483 e. The Hall–Kier alpha value is -2.31. The smallest absolute Gasteiger partial charge is 0.262 e. The van der Waals surface area contributed by atoms with E-state index in [1.807, 2.05) is 74.5 Å². The molecule has 0 aliphatic carbocycles. The summed E-state index contributed by atoms with van der Waals surface area (Å²) in [6.07, 6.45) is 0. The van der Waals surface area contributed by atoms with Crippen LogP contribution in [-0.2, 0) is 11.3 Å². The Morgan fingerprint density at radius 3 is 2.48 bits per heavy atom. The lowest BCUT2D eigenvalue weighted by atomic mass is 10.1. The van der Waals surface area contributed by atoms with Gasteiger partial charge in [0.15, 0.2) is 6.61 Å². The largest absolute Gasteiger partial charge is 0.483 e. The number of anilines is 2. The lowest BCUT2D eigenvalue weighted by molar-refractivity contribution is -0.118. The third-order valence-corrected chi connectivity index (χ3v) is 5.72. The maximum atomic E-state index is 12.2. The van der Waals surface area contributed by atoms with Crippen molar-refractivity contribution in [3.8, 4) is 5.75 Å². The standard InChI is InChI=1S/C23H22Br2N2O2/c1-15-4-3-5-21(16(15)2)27-23(28)14-29-22-11-6-17(12-20(22)25)13-26-19-9-7-18(24)8-10-19/h3-12,26H,13-14H2,1-2H3,(H,27,28). The molecule has 1 amide bonds. The number of hydrogen-bond acceptors (Lipinski definition) is 3. The normalized spacial score (nSPS) is 10.5. The number of aryl methyl sites for hydroxylation is 1. The van der Waals surface area contributed by atoms with E-state index < -0.39 is 0 Å². The molecule has 0 aromatic heterocycles. The molecule has 0 aliphatic heterocycles. The van der Waals surface area contributed by atoms with E-state index in [1.165, 1.54) is 0 Å². The van der Waals surface area contributed by atoms with Crippen molar-refractivity contribution in [1.29, 1.82) is 0 Å². The van der Waals surface area contributed by atoms with Crippen LogP contribution in [0.1, 0.15) is 16.7 Å². The van der Waals surface area contributed by atoms with E-state index >= 15 is 0 Å². The molecule has 0 aliphatic rings. The maximum absolute atomic E-state index is 12.2. The van der Waals surface area contributed by atoms with Crippen molar-refractivity contribution in [1.82, 2.24) is 0 Å². The molecule has 2 N–H and O–H groups in total. The van der Waals surface area contributed by atoms with Crippen LogP contribution in [0.5, 0.6) is 5.75 Å². The Kier molecular flexibility index (Phi) is 7.34. The summed E-state index contributed by atoms with van der Waals surface area (Å²) in [6.45, 7) is 4.64. The van der Waals surface area contributed by atoms with Crippen molar-refractivity contribution in [2.75, 3.05) is 17.2 Å². The molecular formula is C23H22Br2N2O2. The van der Waals surface area contributed by atoms with Crippen LogP contribution in [0, 0.1) is 13.8 Å². The summed E-state index contributed by atoms with van der Waals surface area (Å²) in [5.41, 5.74) is 5.16. The third-order valence-electron chi connectivity index (χ3n) is 4.57. The third kappa shape index (κ3) is 6.08. The Labute approximate surface area is 187 Å². The second-order valence-corrected chi connectivity index (χ2v) is 8.48. The summed E-state index contributed by atoms with van der Waals surface area (Å²) in [7, 11) is 0. The molecule has 0 fully saturated rings. The number of ether oxygens (including phenoxy) is 1. The van der Waals surface area contributed by atoms with Crippen LogP contribution in [0.15, 0.2) is 69.6 Å². The fourth-order valence-corrected chi connectivity index (χ4v) is 3.56. The zero-order valence-corrected chi connectivity index (χ0v) is 19.4. The molecule has 0 spiro atoms. The van der Waals surface area contributed by atoms with E-state index in [0.29, 0.717) is 12.3 Å². The molecule has 3 aromatic rings. The van der Waals surface area contributed by atoms with E-state index in [9.17, 15) is 4.79 Å². The van der Waals surface area contributed by atoms with Gasteiger partial charge >= 0.3 is 0 Å². The zero-order valence-electron chi connectivity index (χ0n) is 16.3. The van der Waals surface area contributed by atoms with Crippen molar-refractivity contribution < 1.29 is 9.53 Å². The molecule has 4 nitrogen and oxygen atoms in total. The van der Waals surface area contributed by atoms with E-state index in [0.717, 1.165) is 37.0 Å². The van der Waals surface area contributed by atoms with Gasteiger partial charge in [0, 0.05) is 22.4 Å². The van der Waals surface area contributed by atoms with E-state index in [4.69, 9.17) is 4.74 Å². The predicted molar refractivity (Wildman–Crippen MR) is 126 cm³/mol. The zero-order chi connectivity index (χ0) is 20.8. The molecule has 0 unspecified atom stereocenters. The first-order valence-corrected chi connectivity index (χ1v) is 10.8. The van der Waals surface area contributed by atoms with Crippen LogP contribution >= 0.6 is 31.9 Å². The Morgan fingerprint density at radius 2 is 1.76 bits per heavy atom. The SMILES string of the molecule is Cc1cccc(NC(=O)COc2ccc(CNc3ccc(Br)cc3)cc2Br)c1C. The average molecular weight is 518 g/mol. The summed E-state index contributed by atoms with van der Waals surface area (Å²) in [5.74, 6) is 0.445. The van der Waals surface area contributed by atoms with Gasteiger partial charge in [0.1, 0.15) is 5.75 Å². The molecule has 0 bridgehead atoms. The van der Waals surface area contributed by atoms with Crippen LogP contribution in [0.25, 0.3) is 0 Å². The first kappa shape index (κ1) is 21.4. The summed E-state index contributed by atoms with van der Waals surface area (Å²) >= 11 is 6.96. The van der Waals surface area contributed by atoms with Gasteiger partial charge in [-0.2, -0.15) is 0 Å². The lowest BCUT2D eigenvalue weighted by Crippen LogP contribution is -2.21. The minimum atomic E-state index is -0.188. The molecule has 6 heteroatoms. The molecule has 3 aromatic carbocycles. The number of rotatable bonds is 7. The number of carbonyl (C=O) groups excluding carboxylic acids is 1. The number of amides is 1. The first-order chi connectivity index (χ1) is 13.9. The summed E-state index contributed by atoms with van der Waals surface area (Å²) in [4.78, 5) is 12.2. The Balaban J connectivity index is 1.54. The van der Waals surface area contributed by atoms with E-state index in [-0.39, 0.29) is 12.5 Å². The van der Waals surface area contributed by atoms with Gasteiger partial charge in [-0.1, -0.05) is 34.1 Å². The average Bonchev–Trinajstić information content (AvgIpc) is 2.70. The number of halogens is 2. The van der Waals surface area contributed by atoms with Gasteiger partial charge in [-0.3, -0.25) is 4.79 Å². The van der Waals surface area contributed by atoms with Gasteiger partial charge in [0.05, 0.1) is 4.47 Å². The Morgan fingerprint density at radius 1 is 1.00 bits per heavy atom. The van der Waals surface area contributed by atoms with Gasteiger partial charge in [-0.15, -0.1) is 0 Å². The highest BCUT2D eigenvalue weighted by molar-refractivity contribution is 9.10. The second-order valence-electron chi connectivity index (χ2n) is 6.71. The van der Waals surface area contributed by atoms with Crippen molar-refractivity contribution >= 4 is 49.1 Å².